The third-order valence-electron chi connectivity index (χ3n) is 4.77. The second kappa shape index (κ2) is 7.50. The maximum atomic E-state index is 13.1. The molecule has 0 atom stereocenters. The molecule has 3 heterocycles. The van der Waals surface area contributed by atoms with Crippen LogP contribution in [0.5, 0.6) is 0 Å². The van der Waals surface area contributed by atoms with Gasteiger partial charge in [0.2, 0.25) is 0 Å². The summed E-state index contributed by atoms with van der Waals surface area (Å²) in [6.45, 7) is 8.22. The fourth-order valence-corrected chi connectivity index (χ4v) is 3.17. The van der Waals surface area contributed by atoms with Crippen LogP contribution in [0, 0.1) is 0 Å². The Morgan fingerprint density at radius 2 is 1.86 bits per heavy atom. The van der Waals surface area contributed by atoms with Crippen molar-refractivity contribution >= 4 is 22.6 Å². The molecule has 1 amide bonds. The predicted molar refractivity (Wildman–Crippen MR) is 112 cm³/mol. The molecular weight excluding hydrogens is 366 g/mol. The Kier molecular flexibility index (Phi) is 4.88. The number of oxazole rings is 1. The van der Waals surface area contributed by atoms with E-state index in [4.69, 9.17) is 9.40 Å². The lowest BCUT2D eigenvalue weighted by Crippen LogP contribution is -2.14. The summed E-state index contributed by atoms with van der Waals surface area (Å²) in [7, 11) is 0. The van der Waals surface area contributed by atoms with Gasteiger partial charge < -0.3 is 9.73 Å². The van der Waals surface area contributed by atoms with E-state index in [1.807, 2.05) is 48.9 Å². The molecule has 29 heavy (non-hydrogen) atoms. The minimum Gasteiger partial charge on any atom is -0.444 e. The first-order chi connectivity index (χ1) is 13.9. The molecule has 7 nitrogen and oxygen atoms in total. The number of carbonyl (C=O) groups excluding carboxylic acids is 1. The van der Waals surface area contributed by atoms with Crippen LogP contribution in [0.2, 0.25) is 0 Å². The van der Waals surface area contributed by atoms with Crippen molar-refractivity contribution < 1.29 is 9.21 Å². The zero-order chi connectivity index (χ0) is 20.5. The summed E-state index contributed by atoms with van der Waals surface area (Å²) in [5.41, 5.74) is 3.77. The Morgan fingerprint density at radius 1 is 1.10 bits per heavy atom. The van der Waals surface area contributed by atoms with E-state index in [0.29, 0.717) is 17.0 Å². The Balaban J connectivity index is 1.67. The van der Waals surface area contributed by atoms with E-state index in [2.05, 4.69) is 29.2 Å². The lowest BCUT2D eigenvalue weighted by Gasteiger charge is -2.12. The molecule has 0 radical (unpaired) electrons. The first-order valence-electron chi connectivity index (χ1n) is 9.62. The fraction of sp³-hybridized carbons (Fsp3) is 0.273. The van der Waals surface area contributed by atoms with E-state index in [1.54, 1.807) is 12.4 Å². The molecule has 7 heteroatoms. The number of nitrogens with one attached hydrogen (secondary N) is 1. The normalized spacial score (nSPS) is 11.5. The molecule has 4 rings (SSSR count). The Labute approximate surface area is 168 Å². The number of hydrogen-bond acceptors (Lipinski definition) is 5. The molecule has 3 aromatic heterocycles. The third kappa shape index (κ3) is 3.63. The summed E-state index contributed by atoms with van der Waals surface area (Å²) in [5.74, 6) is 0.694. The van der Waals surface area contributed by atoms with Crippen LogP contribution in [0.25, 0.3) is 22.4 Å². The highest BCUT2D eigenvalue weighted by Gasteiger charge is 2.19. The monoisotopic (exact) mass is 389 g/mol. The Hall–Kier alpha value is -3.48. The van der Waals surface area contributed by atoms with E-state index in [-0.39, 0.29) is 17.9 Å². The number of pyridine rings is 1. The number of benzene rings is 1. The molecule has 1 aromatic carbocycles. The van der Waals surface area contributed by atoms with Gasteiger partial charge >= 0.3 is 0 Å². The van der Waals surface area contributed by atoms with Crippen molar-refractivity contribution in [2.45, 2.75) is 39.7 Å². The van der Waals surface area contributed by atoms with E-state index >= 15 is 0 Å². The number of amides is 1. The third-order valence-corrected chi connectivity index (χ3v) is 4.77. The summed E-state index contributed by atoms with van der Waals surface area (Å²) in [5, 5.41) is 8.17. The van der Waals surface area contributed by atoms with E-state index in [0.717, 1.165) is 22.3 Å². The van der Waals surface area contributed by atoms with Gasteiger partial charge in [0.15, 0.2) is 17.8 Å². The number of aromatic nitrogens is 4. The van der Waals surface area contributed by atoms with Crippen molar-refractivity contribution in [1.82, 2.24) is 19.7 Å². The van der Waals surface area contributed by atoms with Gasteiger partial charge in [0, 0.05) is 23.0 Å². The van der Waals surface area contributed by atoms with Gasteiger partial charge in [-0.15, -0.1) is 0 Å². The van der Waals surface area contributed by atoms with Crippen LogP contribution < -0.4 is 5.32 Å². The van der Waals surface area contributed by atoms with Crippen molar-refractivity contribution in [3.05, 3.63) is 60.4 Å². The maximum absolute atomic E-state index is 13.1. The molecule has 0 fully saturated rings. The minimum absolute atomic E-state index is 0.155. The highest BCUT2D eigenvalue weighted by molar-refractivity contribution is 6.12. The quantitative estimate of drug-likeness (QED) is 0.517. The van der Waals surface area contributed by atoms with Gasteiger partial charge in [0.25, 0.3) is 5.91 Å². The highest BCUT2D eigenvalue weighted by atomic mass is 16.3. The topological polar surface area (TPSA) is 85.8 Å². The maximum Gasteiger partial charge on any atom is 0.256 e. The summed E-state index contributed by atoms with van der Waals surface area (Å²) in [6, 6.07) is 9.46. The van der Waals surface area contributed by atoms with Crippen LogP contribution >= 0.6 is 0 Å². The second-order valence-corrected chi connectivity index (χ2v) is 7.57. The zero-order valence-electron chi connectivity index (χ0n) is 16.9. The lowest BCUT2D eigenvalue weighted by molar-refractivity contribution is 0.102. The summed E-state index contributed by atoms with van der Waals surface area (Å²) in [4.78, 5) is 21.8. The average molecular weight is 389 g/mol. The van der Waals surface area contributed by atoms with Crippen molar-refractivity contribution in [2.75, 3.05) is 5.32 Å². The molecule has 0 aliphatic rings. The molecule has 0 unspecified atom stereocenters. The fourth-order valence-electron chi connectivity index (χ4n) is 3.17. The molecule has 0 saturated heterocycles. The smallest absolute Gasteiger partial charge is 0.256 e. The highest BCUT2D eigenvalue weighted by Crippen LogP contribution is 2.26. The Bertz CT molecular complexity index is 1140. The van der Waals surface area contributed by atoms with Gasteiger partial charge in [-0.1, -0.05) is 13.8 Å². The lowest BCUT2D eigenvalue weighted by atomic mass is 10.0. The summed E-state index contributed by atoms with van der Waals surface area (Å²) in [6.07, 6.45) is 4.76. The van der Waals surface area contributed by atoms with E-state index in [1.165, 1.54) is 6.39 Å². The summed E-state index contributed by atoms with van der Waals surface area (Å²) < 4.78 is 7.15. The number of fused-ring (bicyclic) bond motifs is 1. The first-order valence-corrected chi connectivity index (χ1v) is 9.62. The van der Waals surface area contributed by atoms with Crippen molar-refractivity contribution in [3.8, 4) is 11.3 Å². The molecule has 0 bridgehead atoms. The van der Waals surface area contributed by atoms with Crippen molar-refractivity contribution in [3.63, 3.8) is 0 Å². The first kappa shape index (κ1) is 18.9. The molecule has 148 valence electrons. The summed E-state index contributed by atoms with van der Waals surface area (Å²) >= 11 is 0. The molecular formula is C22H23N5O2. The van der Waals surface area contributed by atoms with E-state index in [9.17, 15) is 4.79 Å². The van der Waals surface area contributed by atoms with Crippen LogP contribution in [0.1, 0.15) is 55.7 Å². The molecule has 0 saturated carbocycles. The van der Waals surface area contributed by atoms with Crippen molar-refractivity contribution in [2.24, 2.45) is 0 Å². The second-order valence-electron chi connectivity index (χ2n) is 7.57. The van der Waals surface area contributed by atoms with Gasteiger partial charge in [0.1, 0.15) is 0 Å². The molecule has 1 N–H and O–H groups in total. The predicted octanol–water partition coefficient (Wildman–Crippen LogP) is 5.04. The number of carbonyl (C=O) groups is 1. The van der Waals surface area contributed by atoms with Gasteiger partial charge in [-0.25, -0.2) is 14.6 Å². The molecule has 4 aromatic rings. The number of rotatable bonds is 5. The number of nitrogens with zero attached hydrogens (tertiary/aromatic N) is 4. The largest absolute Gasteiger partial charge is 0.444 e. The van der Waals surface area contributed by atoms with Gasteiger partial charge in [-0.2, -0.15) is 5.10 Å². The number of anilines is 1. The van der Waals surface area contributed by atoms with E-state index < -0.39 is 0 Å². The zero-order valence-corrected chi connectivity index (χ0v) is 16.9. The molecule has 0 aliphatic heterocycles. The van der Waals surface area contributed by atoms with Gasteiger partial charge in [-0.05, 0) is 50.1 Å². The van der Waals surface area contributed by atoms with Gasteiger partial charge in [0.05, 0.1) is 23.3 Å². The molecule has 0 aliphatic carbocycles. The van der Waals surface area contributed by atoms with Crippen LogP contribution in [-0.4, -0.2) is 25.7 Å². The molecule has 0 spiro atoms. The van der Waals surface area contributed by atoms with Crippen LogP contribution in [-0.2, 0) is 0 Å². The Morgan fingerprint density at radius 3 is 2.48 bits per heavy atom. The minimum atomic E-state index is -0.185. The van der Waals surface area contributed by atoms with Crippen LogP contribution in [0.4, 0.5) is 5.69 Å². The van der Waals surface area contributed by atoms with Crippen LogP contribution in [0.3, 0.4) is 0 Å². The SMILES string of the molecule is CC(C)c1cc(C(=O)Nc2ccc(-c3cnco3)cc2)c2cnn(C(C)C)c2n1. The van der Waals surface area contributed by atoms with Gasteiger partial charge in [-0.3, -0.25) is 4.79 Å². The van der Waals surface area contributed by atoms with Crippen LogP contribution in [0.15, 0.2) is 53.5 Å². The standard InChI is InChI=1S/C22H23N5O2/c1-13(2)19-9-17(18-10-24-27(14(3)4)21(18)26-19)22(28)25-16-7-5-15(6-8-16)20-11-23-12-29-20/h5-14H,1-4H3,(H,25,28). The average Bonchev–Trinajstić information content (AvgIpc) is 3.37. The number of hydrogen-bond donors (Lipinski definition) is 1. The van der Waals surface area contributed by atoms with Crippen molar-refractivity contribution in [1.29, 1.82) is 0 Å².